The number of hydrogen-bond donors (Lipinski definition) is 1. The third-order valence-corrected chi connectivity index (χ3v) is 4.80. The summed E-state index contributed by atoms with van der Waals surface area (Å²) in [5.74, 6) is 0.445. The van der Waals surface area contributed by atoms with Crippen LogP contribution in [0.4, 0.5) is 5.69 Å². The normalized spacial score (nSPS) is 12.6. The van der Waals surface area contributed by atoms with E-state index in [0.717, 1.165) is 5.56 Å². The maximum Gasteiger partial charge on any atom is 0.234 e. The summed E-state index contributed by atoms with van der Waals surface area (Å²) in [6, 6.07) is 15.8. The Labute approximate surface area is 137 Å². The molecule has 23 heavy (non-hydrogen) atoms. The number of nitrogens with one attached hydrogen (secondary N) is 2. The van der Waals surface area contributed by atoms with Crippen LogP contribution >= 0.6 is 0 Å². The number of ether oxygens (including phenoxy) is 1. The predicted molar refractivity (Wildman–Crippen MR) is 92.1 cm³/mol. The highest BCUT2D eigenvalue weighted by atomic mass is 32.2. The molecule has 1 atom stereocenters. The number of methoxy groups -OCH3 is 1. The van der Waals surface area contributed by atoms with Crippen LogP contribution < -0.4 is 15.2 Å². The van der Waals surface area contributed by atoms with Crippen LogP contribution in [0.25, 0.3) is 0 Å². The second-order valence-corrected chi connectivity index (χ2v) is 7.10. The Kier molecular flexibility index (Phi) is 6.01. The van der Waals surface area contributed by atoms with Crippen LogP contribution in [0.2, 0.25) is 0 Å². The molecule has 5 nitrogen and oxygen atoms in total. The molecule has 2 aromatic carbocycles. The zero-order valence-corrected chi connectivity index (χ0v) is 13.8. The standard InChI is InChI=1S/C17H21N2O3S/c1-22-17-11-9-16(10-12-17)19-23(20,21)13-15(18)8-7-14-5-3-2-4-6-14/h2-6,9-12,15,18-19H,7-8,13H2,1H3. The van der Waals surface area contributed by atoms with Gasteiger partial charge in [0, 0.05) is 11.7 Å². The van der Waals surface area contributed by atoms with Crippen molar-refractivity contribution >= 4 is 15.7 Å². The molecule has 0 aliphatic rings. The molecule has 2 rings (SSSR count). The van der Waals surface area contributed by atoms with E-state index in [0.29, 0.717) is 24.3 Å². The maximum absolute atomic E-state index is 12.1. The summed E-state index contributed by atoms with van der Waals surface area (Å²) in [6.07, 6.45) is 1.21. The Morgan fingerprint density at radius 1 is 1.09 bits per heavy atom. The van der Waals surface area contributed by atoms with Gasteiger partial charge in [-0.15, -0.1) is 0 Å². The van der Waals surface area contributed by atoms with Crippen LogP contribution in [0.3, 0.4) is 0 Å². The Bertz CT molecular complexity index is 700. The summed E-state index contributed by atoms with van der Waals surface area (Å²) >= 11 is 0. The lowest BCUT2D eigenvalue weighted by Gasteiger charge is -2.13. The maximum atomic E-state index is 12.1. The van der Waals surface area contributed by atoms with E-state index in [1.165, 1.54) is 0 Å². The molecule has 6 heteroatoms. The van der Waals surface area contributed by atoms with Crippen molar-refractivity contribution in [3.8, 4) is 5.75 Å². The molecule has 0 fully saturated rings. The van der Waals surface area contributed by atoms with Gasteiger partial charge in [-0.25, -0.2) is 8.42 Å². The van der Waals surface area contributed by atoms with Crippen molar-refractivity contribution in [1.82, 2.24) is 5.73 Å². The molecule has 0 heterocycles. The van der Waals surface area contributed by atoms with Gasteiger partial charge in [-0.3, -0.25) is 10.5 Å². The van der Waals surface area contributed by atoms with E-state index < -0.39 is 16.1 Å². The summed E-state index contributed by atoms with van der Waals surface area (Å²) < 4.78 is 31.8. The van der Waals surface area contributed by atoms with Crippen molar-refractivity contribution in [3.63, 3.8) is 0 Å². The van der Waals surface area contributed by atoms with E-state index in [4.69, 9.17) is 10.5 Å². The van der Waals surface area contributed by atoms with E-state index in [1.54, 1.807) is 31.4 Å². The molecule has 0 spiro atoms. The van der Waals surface area contributed by atoms with Gasteiger partial charge in [0.25, 0.3) is 0 Å². The molecule has 0 saturated heterocycles. The van der Waals surface area contributed by atoms with Crippen LogP contribution in [0, 0.1) is 0 Å². The molecule has 0 amide bonds. The summed E-state index contributed by atoms with van der Waals surface area (Å²) in [7, 11) is -1.98. The molecule has 1 unspecified atom stereocenters. The minimum atomic E-state index is -3.54. The van der Waals surface area contributed by atoms with Gasteiger partial charge in [-0.05, 0) is 42.7 Å². The molecule has 123 valence electrons. The first kappa shape index (κ1) is 17.3. The average molecular weight is 333 g/mol. The van der Waals surface area contributed by atoms with Crippen LogP contribution in [0.15, 0.2) is 54.6 Å². The van der Waals surface area contributed by atoms with Gasteiger partial charge in [-0.2, -0.15) is 0 Å². The monoisotopic (exact) mass is 333 g/mol. The molecule has 0 aromatic heterocycles. The Hall–Kier alpha value is -2.05. The lowest BCUT2D eigenvalue weighted by Crippen LogP contribution is -2.27. The van der Waals surface area contributed by atoms with Gasteiger partial charge >= 0.3 is 0 Å². The van der Waals surface area contributed by atoms with Gasteiger partial charge in [-0.1, -0.05) is 30.3 Å². The highest BCUT2D eigenvalue weighted by Gasteiger charge is 2.16. The first-order chi connectivity index (χ1) is 11.0. The SMILES string of the molecule is COc1ccc(NS(=O)(=O)CC([NH])CCc2ccccc2)cc1. The molecule has 0 bridgehead atoms. The Balaban J connectivity index is 1.86. The fourth-order valence-corrected chi connectivity index (χ4v) is 3.49. The molecular formula is C17H21N2O3S. The van der Waals surface area contributed by atoms with E-state index in [2.05, 4.69) is 4.72 Å². The third-order valence-electron chi connectivity index (χ3n) is 3.41. The van der Waals surface area contributed by atoms with Gasteiger partial charge in [0.2, 0.25) is 10.0 Å². The number of hydrogen-bond acceptors (Lipinski definition) is 3. The van der Waals surface area contributed by atoms with Crippen molar-refractivity contribution in [1.29, 1.82) is 0 Å². The number of sulfonamides is 1. The summed E-state index contributed by atoms with van der Waals surface area (Å²) in [5.41, 5.74) is 9.56. The number of rotatable bonds is 8. The number of benzene rings is 2. The molecule has 2 aromatic rings. The van der Waals surface area contributed by atoms with Crippen molar-refractivity contribution in [2.75, 3.05) is 17.6 Å². The van der Waals surface area contributed by atoms with Crippen LogP contribution in [0.1, 0.15) is 12.0 Å². The van der Waals surface area contributed by atoms with Crippen LogP contribution in [-0.4, -0.2) is 27.3 Å². The molecule has 0 aliphatic heterocycles. The Morgan fingerprint density at radius 3 is 2.35 bits per heavy atom. The summed E-state index contributed by atoms with van der Waals surface area (Å²) in [5, 5.41) is 0. The Morgan fingerprint density at radius 2 is 1.74 bits per heavy atom. The average Bonchev–Trinajstić information content (AvgIpc) is 2.54. The molecule has 1 radical (unpaired) electrons. The lowest BCUT2D eigenvalue weighted by atomic mass is 10.1. The first-order valence-corrected chi connectivity index (χ1v) is 9.03. The largest absolute Gasteiger partial charge is 0.497 e. The van der Waals surface area contributed by atoms with E-state index in [9.17, 15) is 8.42 Å². The second kappa shape index (κ2) is 7.99. The molecular weight excluding hydrogens is 312 g/mol. The van der Waals surface area contributed by atoms with E-state index >= 15 is 0 Å². The zero-order chi connectivity index (χ0) is 16.7. The van der Waals surface area contributed by atoms with Crippen molar-refractivity contribution in [3.05, 3.63) is 60.2 Å². The fourth-order valence-electron chi connectivity index (χ4n) is 2.21. The molecule has 0 saturated carbocycles. The molecule has 2 N–H and O–H groups in total. The van der Waals surface area contributed by atoms with Crippen molar-refractivity contribution in [2.24, 2.45) is 0 Å². The van der Waals surface area contributed by atoms with E-state index in [1.807, 2.05) is 30.3 Å². The topological polar surface area (TPSA) is 79.2 Å². The number of anilines is 1. The highest BCUT2D eigenvalue weighted by molar-refractivity contribution is 7.92. The third kappa shape index (κ3) is 5.92. The van der Waals surface area contributed by atoms with Gasteiger partial charge < -0.3 is 4.74 Å². The van der Waals surface area contributed by atoms with Gasteiger partial charge in [0.05, 0.1) is 12.9 Å². The summed E-state index contributed by atoms with van der Waals surface area (Å²) in [4.78, 5) is 0. The smallest absolute Gasteiger partial charge is 0.234 e. The second-order valence-electron chi connectivity index (χ2n) is 5.33. The first-order valence-electron chi connectivity index (χ1n) is 7.38. The minimum absolute atomic E-state index is 0.216. The van der Waals surface area contributed by atoms with Crippen LogP contribution in [0.5, 0.6) is 5.75 Å². The van der Waals surface area contributed by atoms with Crippen molar-refractivity contribution in [2.45, 2.75) is 18.9 Å². The zero-order valence-electron chi connectivity index (χ0n) is 13.0. The van der Waals surface area contributed by atoms with E-state index in [-0.39, 0.29) is 5.75 Å². The highest BCUT2D eigenvalue weighted by Crippen LogP contribution is 2.16. The predicted octanol–water partition coefficient (Wildman–Crippen LogP) is 2.72. The lowest BCUT2D eigenvalue weighted by molar-refractivity contribution is 0.415. The van der Waals surface area contributed by atoms with Crippen LogP contribution in [-0.2, 0) is 16.4 Å². The summed E-state index contributed by atoms with van der Waals surface area (Å²) in [6.45, 7) is 0. The number of aryl methyl sites for hydroxylation is 1. The van der Waals surface area contributed by atoms with Gasteiger partial charge in [0.1, 0.15) is 5.75 Å². The molecule has 0 aliphatic carbocycles. The van der Waals surface area contributed by atoms with Crippen molar-refractivity contribution < 1.29 is 13.2 Å². The quantitative estimate of drug-likeness (QED) is 0.806. The minimum Gasteiger partial charge on any atom is -0.497 e. The fraction of sp³-hybridized carbons (Fsp3) is 0.294. The van der Waals surface area contributed by atoms with Gasteiger partial charge in [0.15, 0.2) is 0 Å².